The first-order valence-corrected chi connectivity index (χ1v) is 6.59. The van der Waals surface area contributed by atoms with E-state index in [4.69, 9.17) is 9.84 Å². The van der Waals surface area contributed by atoms with Crippen molar-refractivity contribution in [1.29, 1.82) is 0 Å². The van der Waals surface area contributed by atoms with Crippen LogP contribution in [0.3, 0.4) is 0 Å². The van der Waals surface area contributed by atoms with Crippen LogP contribution in [0.1, 0.15) is 18.4 Å². The second-order valence-electron chi connectivity index (χ2n) is 4.88. The fourth-order valence-corrected chi connectivity index (χ4v) is 2.27. The molecule has 0 radical (unpaired) electrons. The lowest BCUT2D eigenvalue weighted by molar-refractivity contribution is -0.138. The highest BCUT2D eigenvalue weighted by Gasteiger charge is 2.37. The number of carboxylic acid groups (broad SMARTS) is 1. The molecular weight excluding hydrogens is 303 g/mol. The molecule has 1 amide bonds. The van der Waals surface area contributed by atoms with E-state index in [1.54, 1.807) is 0 Å². The number of morpholine rings is 1. The van der Waals surface area contributed by atoms with Gasteiger partial charge in [-0.1, -0.05) is 12.1 Å². The number of anilines is 1. The number of amides is 1. The Labute approximate surface area is 124 Å². The largest absolute Gasteiger partial charge is 0.481 e. The van der Waals surface area contributed by atoms with Crippen LogP contribution in [-0.2, 0) is 20.5 Å². The number of hydrogen-bond acceptors (Lipinski definition) is 3. The van der Waals surface area contributed by atoms with E-state index in [-0.39, 0.29) is 31.7 Å². The van der Waals surface area contributed by atoms with Crippen molar-refractivity contribution in [2.75, 3.05) is 18.1 Å². The van der Waals surface area contributed by atoms with E-state index in [1.165, 1.54) is 18.2 Å². The molecule has 1 aromatic carbocycles. The third-order valence-electron chi connectivity index (χ3n) is 3.31. The van der Waals surface area contributed by atoms with Gasteiger partial charge in [0.25, 0.3) is 5.91 Å². The molecule has 120 valence electrons. The summed E-state index contributed by atoms with van der Waals surface area (Å²) in [5, 5.41) is 8.64. The Morgan fingerprint density at radius 1 is 1.36 bits per heavy atom. The molecule has 0 aromatic heterocycles. The molecule has 1 unspecified atom stereocenters. The Morgan fingerprint density at radius 3 is 2.68 bits per heavy atom. The van der Waals surface area contributed by atoms with E-state index >= 15 is 0 Å². The normalized spacial score (nSPS) is 19.3. The third kappa shape index (κ3) is 3.76. The Kier molecular flexibility index (Phi) is 4.70. The summed E-state index contributed by atoms with van der Waals surface area (Å²) in [5.41, 5.74) is -1.13. The lowest BCUT2D eigenvalue weighted by Crippen LogP contribution is -2.47. The SMILES string of the molecule is O=C(O)CCC1CN(c2ccccc2C(F)(F)F)C(=O)CO1. The summed E-state index contributed by atoms with van der Waals surface area (Å²) in [6.45, 7) is -0.463. The molecule has 2 rings (SSSR count). The van der Waals surface area contributed by atoms with Gasteiger partial charge in [0, 0.05) is 6.42 Å². The zero-order valence-corrected chi connectivity index (χ0v) is 11.5. The number of hydrogen-bond donors (Lipinski definition) is 1. The first-order chi connectivity index (χ1) is 10.3. The highest BCUT2D eigenvalue weighted by atomic mass is 19.4. The molecule has 8 heteroatoms. The Bertz CT molecular complexity index is 573. The average Bonchev–Trinajstić information content (AvgIpc) is 2.45. The summed E-state index contributed by atoms with van der Waals surface area (Å²) in [7, 11) is 0. The van der Waals surface area contributed by atoms with Crippen LogP contribution in [0.15, 0.2) is 24.3 Å². The van der Waals surface area contributed by atoms with Crippen LogP contribution in [0.4, 0.5) is 18.9 Å². The van der Waals surface area contributed by atoms with Crippen molar-refractivity contribution in [2.24, 2.45) is 0 Å². The van der Waals surface area contributed by atoms with Crippen molar-refractivity contribution >= 4 is 17.6 Å². The second kappa shape index (κ2) is 6.35. The third-order valence-corrected chi connectivity index (χ3v) is 3.31. The monoisotopic (exact) mass is 317 g/mol. The van der Waals surface area contributed by atoms with Crippen molar-refractivity contribution in [2.45, 2.75) is 25.1 Å². The van der Waals surface area contributed by atoms with E-state index in [0.717, 1.165) is 11.0 Å². The minimum Gasteiger partial charge on any atom is -0.481 e. The van der Waals surface area contributed by atoms with Crippen LogP contribution in [0.25, 0.3) is 0 Å². The van der Waals surface area contributed by atoms with Crippen molar-refractivity contribution < 1.29 is 32.6 Å². The fraction of sp³-hybridized carbons (Fsp3) is 0.429. The Hall–Kier alpha value is -2.09. The zero-order valence-electron chi connectivity index (χ0n) is 11.5. The molecule has 1 heterocycles. The summed E-state index contributed by atoms with van der Waals surface area (Å²) in [6.07, 6.45) is -5.22. The van der Waals surface area contributed by atoms with Gasteiger partial charge in [0.15, 0.2) is 0 Å². The van der Waals surface area contributed by atoms with Gasteiger partial charge in [0.05, 0.1) is 23.9 Å². The number of carbonyl (C=O) groups is 2. The quantitative estimate of drug-likeness (QED) is 0.925. The lowest BCUT2D eigenvalue weighted by Gasteiger charge is -2.34. The maximum atomic E-state index is 13.0. The number of nitrogens with zero attached hydrogens (tertiary/aromatic N) is 1. The van der Waals surface area contributed by atoms with E-state index in [0.29, 0.717) is 0 Å². The summed E-state index contributed by atoms with van der Waals surface area (Å²) in [5.74, 6) is -1.61. The first-order valence-electron chi connectivity index (χ1n) is 6.59. The molecule has 1 fully saturated rings. The van der Waals surface area contributed by atoms with Gasteiger partial charge in [-0.3, -0.25) is 9.59 Å². The Balaban J connectivity index is 2.23. The summed E-state index contributed by atoms with van der Waals surface area (Å²) >= 11 is 0. The minimum atomic E-state index is -4.58. The molecule has 1 saturated heterocycles. The second-order valence-corrected chi connectivity index (χ2v) is 4.88. The standard InChI is InChI=1S/C14H14F3NO4/c15-14(16,17)10-3-1-2-4-11(10)18-7-9(5-6-13(20)21)22-8-12(18)19/h1-4,9H,5-8H2,(H,20,21). The van der Waals surface area contributed by atoms with Crippen molar-refractivity contribution in [3.63, 3.8) is 0 Å². The van der Waals surface area contributed by atoms with E-state index in [1.807, 2.05) is 0 Å². The van der Waals surface area contributed by atoms with Gasteiger partial charge in [-0.05, 0) is 18.6 Å². The minimum absolute atomic E-state index is 0.0980. The topological polar surface area (TPSA) is 66.8 Å². The van der Waals surface area contributed by atoms with Gasteiger partial charge in [-0.15, -0.1) is 0 Å². The number of rotatable bonds is 4. The molecule has 1 aromatic rings. The average molecular weight is 317 g/mol. The highest BCUT2D eigenvalue weighted by Crippen LogP contribution is 2.37. The molecule has 1 aliphatic rings. The van der Waals surface area contributed by atoms with Gasteiger partial charge < -0.3 is 14.7 Å². The van der Waals surface area contributed by atoms with Gasteiger partial charge in [0.2, 0.25) is 0 Å². The molecule has 0 saturated carbocycles. The molecule has 5 nitrogen and oxygen atoms in total. The van der Waals surface area contributed by atoms with Crippen LogP contribution in [-0.4, -0.2) is 36.2 Å². The highest BCUT2D eigenvalue weighted by molar-refractivity contribution is 5.95. The summed E-state index contributed by atoms with van der Waals surface area (Å²) in [4.78, 5) is 23.4. The number of aliphatic carboxylic acids is 1. The molecule has 0 aliphatic carbocycles. The summed E-state index contributed by atoms with van der Waals surface area (Å²) < 4.78 is 44.3. The predicted octanol–water partition coefficient (Wildman–Crippen LogP) is 2.30. The number of para-hydroxylation sites is 1. The smallest absolute Gasteiger partial charge is 0.418 e. The van der Waals surface area contributed by atoms with Gasteiger partial charge >= 0.3 is 12.1 Å². The van der Waals surface area contributed by atoms with E-state index in [2.05, 4.69) is 0 Å². The molecule has 1 atom stereocenters. The van der Waals surface area contributed by atoms with E-state index < -0.39 is 29.7 Å². The predicted molar refractivity (Wildman–Crippen MR) is 70.4 cm³/mol. The molecule has 0 spiro atoms. The number of ether oxygens (including phenoxy) is 1. The number of carboxylic acids is 1. The van der Waals surface area contributed by atoms with Crippen LogP contribution in [0.5, 0.6) is 0 Å². The van der Waals surface area contributed by atoms with Gasteiger partial charge in [0.1, 0.15) is 6.61 Å². The van der Waals surface area contributed by atoms with Crippen molar-refractivity contribution in [3.05, 3.63) is 29.8 Å². The van der Waals surface area contributed by atoms with Crippen molar-refractivity contribution in [3.8, 4) is 0 Å². The molecule has 0 bridgehead atoms. The maximum Gasteiger partial charge on any atom is 0.418 e. The lowest BCUT2D eigenvalue weighted by atomic mass is 10.1. The number of alkyl halides is 3. The van der Waals surface area contributed by atoms with Crippen LogP contribution in [0, 0.1) is 0 Å². The first kappa shape index (κ1) is 16.3. The summed E-state index contributed by atoms with van der Waals surface area (Å²) in [6, 6.07) is 4.79. The molecular formula is C14H14F3NO4. The van der Waals surface area contributed by atoms with Crippen LogP contribution in [0.2, 0.25) is 0 Å². The van der Waals surface area contributed by atoms with Crippen LogP contribution >= 0.6 is 0 Å². The van der Waals surface area contributed by atoms with Crippen molar-refractivity contribution in [1.82, 2.24) is 0 Å². The van der Waals surface area contributed by atoms with Gasteiger partial charge in [-0.25, -0.2) is 0 Å². The fourth-order valence-electron chi connectivity index (χ4n) is 2.27. The molecule has 22 heavy (non-hydrogen) atoms. The number of halogens is 3. The van der Waals surface area contributed by atoms with Crippen LogP contribution < -0.4 is 4.90 Å². The zero-order chi connectivity index (χ0) is 16.3. The Morgan fingerprint density at radius 2 is 2.05 bits per heavy atom. The molecule has 1 aliphatic heterocycles. The number of benzene rings is 1. The molecule has 1 N–H and O–H groups in total. The van der Waals surface area contributed by atoms with Gasteiger partial charge in [-0.2, -0.15) is 13.2 Å². The van der Waals surface area contributed by atoms with E-state index in [9.17, 15) is 22.8 Å². The number of carbonyl (C=O) groups excluding carboxylic acids is 1. The maximum absolute atomic E-state index is 13.0.